The van der Waals surface area contributed by atoms with Gasteiger partial charge in [-0.15, -0.1) is 0 Å². The number of carbonyl (C=O) groups excluding carboxylic acids is 1. The number of carboxylic acid groups (broad SMARTS) is 2. The number of hydrogen-bond acceptors (Lipinski definition) is 5. The van der Waals surface area contributed by atoms with Crippen LogP contribution in [0, 0.1) is 0 Å². The largest absolute Gasteiger partial charge is 0.480 e. The molecule has 0 heterocycles. The summed E-state index contributed by atoms with van der Waals surface area (Å²) in [7, 11) is 0. The molecule has 25 heavy (non-hydrogen) atoms. The molecule has 0 spiro atoms. The topological polar surface area (TPSA) is 156 Å². The summed E-state index contributed by atoms with van der Waals surface area (Å²) in [5, 5.41) is 19.3. The van der Waals surface area contributed by atoms with Crippen LogP contribution in [-0.4, -0.2) is 46.7 Å². The maximum absolute atomic E-state index is 11.2. The number of amides is 1. The van der Waals surface area contributed by atoms with E-state index >= 15 is 0 Å². The van der Waals surface area contributed by atoms with Gasteiger partial charge in [-0.25, -0.2) is 0 Å². The molecule has 0 saturated carbocycles. The Hall–Kier alpha value is -1.67. The van der Waals surface area contributed by atoms with E-state index in [1.54, 1.807) is 0 Å². The fourth-order valence-corrected chi connectivity index (χ4v) is 1.90. The molecular formula is C17H35N3O5. The van der Waals surface area contributed by atoms with Crippen molar-refractivity contribution in [1.29, 1.82) is 0 Å². The molecule has 2 atom stereocenters. The van der Waals surface area contributed by atoms with Crippen LogP contribution in [0.5, 0.6) is 0 Å². The van der Waals surface area contributed by atoms with Crippen LogP contribution in [0.1, 0.15) is 71.6 Å². The van der Waals surface area contributed by atoms with Gasteiger partial charge in [0.15, 0.2) is 0 Å². The van der Waals surface area contributed by atoms with Gasteiger partial charge in [0.2, 0.25) is 5.91 Å². The summed E-state index contributed by atoms with van der Waals surface area (Å²) in [6.45, 7) is 4.21. The van der Waals surface area contributed by atoms with Crippen molar-refractivity contribution in [3.05, 3.63) is 0 Å². The molecule has 148 valence electrons. The molecule has 0 radical (unpaired) electrons. The average molecular weight is 361 g/mol. The zero-order valence-corrected chi connectivity index (χ0v) is 15.5. The fraction of sp³-hybridized carbons (Fsp3) is 0.824. The van der Waals surface area contributed by atoms with Gasteiger partial charge >= 0.3 is 11.9 Å². The van der Waals surface area contributed by atoms with E-state index in [1.165, 1.54) is 19.8 Å². The third kappa shape index (κ3) is 18.5. The highest BCUT2D eigenvalue weighted by molar-refractivity contribution is 5.83. The Morgan fingerprint density at radius 3 is 2.04 bits per heavy atom. The van der Waals surface area contributed by atoms with Crippen molar-refractivity contribution in [1.82, 2.24) is 5.32 Å². The van der Waals surface area contributed by atoms with Crippen LogP contribution in [0.25, 0.3) is 0 Å². The number of carboxylic acids is 2. The monoisotopic (exact) mass is 361 g/mol. The lowest BCUT2D eigenvalue weighted by atomic mass is 10.1. The third-order valence-electron chi connectivity index (χ3n) is 3.54. The van der Waals surface area contributed by atoms with Crippen molar-refractivity contribution in [2.45, 2.75) is 83.7 Å². The Bertz CT molecular complexity index is 377. The Morgan fingerprint density at radius 2 is 1.56 bits per heavy atom. The van der Waals surface area contributed by atoms with Gasteiger partial charge in [0.05, 0.1) is 0 Å². The lowest BCUT2D eigenvalue weighted by Gasteiger charge is -2.08. The predicted octanol–water partition coefficient (Wildman–Crippen LogP) is 1.46. The van der Waals surface area contributed by atoms with E-state index in [0.717, 1.165) is 32.1 Å². The molecule has 0 aliphatic heterocycles. The van der Waals surface area contributed by atoms with Crippen molar-refractivity contribution in [3.63, 3.8) is 0 Å². The highest BCUT2D eigenvalue weighted by Gasteiger charge is 2.13. The smallest absolute Gasteiger partial charge is 0.325 e. The van der Waals surface area contributed by atoms with Crippen LogP contribution >= 0.6 is 0 Å². The second-order valence-electron chi connectivity index (χ2n) is 6.02. The number of carbonyl (C=O) groups is 3. The van der Waals surface area contributed by atoms with E-state index in [9.17, 15) is 14.4 Å². The molecule has 8 heteroatoms. The summed E-state index contributed by atoms with van der Waals surface area (Å²) in [5.74, 6) is -2.09. The summed E-state index contributed by atoms with van der Waals surface area (Å²) in [4.78, 5) is 31.8. The Balaban J connectivity index is 0. The van der Waals surface area contributed by atoms with E-state index < -0.39 is 24.0 Å². The lowest BCUT2D eigenvalue weighted by Crippen LogP contribution is -2.38. The van der Waals surface area contributed by atoms with Gasteiger partial charge in [-0.05, 0) is 32.7 Å². The van der Waals surface area contributed by atoms with Crippen LogP contribution in [0.3, 0.4) is 0 Å². The highest BCUT2D eigenvalue weighted by atomic mass is 16.4. The molecule has 0 saturated heterocycles. The van der Waals surface area contributed by atoms with Gasteiger partial charge in [-0.2, -0.15) is 0 Å². The first-order chi connectivity index (χ1) is 11.8. The Morgan fingerprint density at radius 1 is 0.960 bits per heavy atom. The van der Waals surface area contributed by atoms with E-state index in [0.29, 0.717) is 19.4 Å². The number of nitrogens with two attached hydrogens (primary N) is 2. The quantitative estimate of drug-likeness (QED) is 0.311. The molecular weight excluding hydrogens is 326 g/mol. The second-order valence-corrected chi connectivity index (χ2v) is 6.02. The van der Waals surface area contributed by atoms with Gasteiger partial charge < -0.3 is 27.0 Å². The third-order valence-corrected chi connectivity index (χ3v) is 3.54. The van der Waals surface area contributed by atoms with Crippen molar-refractivity contribution in [2.75, 3.05) is 6.54 Å². The average Bonchev–Trinajstić information content (AvgIpc) is 2.55. The molecule has 7 N–H and O–H groups in total. The molecule has 0 aliphatic rings. The predicted molar refractivity (Wildman–Crippen MR) is 97.1 cm³/mol. The fourth-order valence-electron chi connectivity index (χ4n) is 1.90. The van der Waals surface area contributed by atoms with Crippen molar-refractivity contribution in [3.8, 4) is 0 Å². The SMILES string of the molecule is CCCCCCCC(=O)N[C@@H](C)C(=O)O.NCCCCC(N)C(=O)O. The minimum absolute atomic E-state index is 0.165. The summed E-state index contributed by atoms with van der Waals surface area (Å²) >= 11 is 0. The Labute approximate surface area is 150 Å². The zero-order chi connectivity index (χ0) is 19.7. The minimum atomic E-state index is -0.991. The van der Waals surface area contributed by atoms with E-state index in [4.69, 9.17) is 21.7 Å². The standard InChI is InChI=1S/C11H21NO3.C6H14N2O2/c1-3-4-5-6-7-8-10(13)12-9(2)11(14)15;7-4-2-1-3-5(8)6(9)10/h9H,3-8H2,1-2H3,(H,12,13)(H,14,15);5H,1-4,7-8H2,(H,9,10)/t9-;/m0./s1. The molecule has 8 nitrogen and oxygen atoms in total. The van der Waals surface area contributed by atoms with Crippen molar-refractivity contribution < 1.29 is 24.6 Å². The number of hydrogen-bond donors (Lipinski definition) is 5. The van der Waals surface area contributed by atoms with Crippen molar-refractivity contribution >= 4 is 17.8 Å². The van der Waals surface area contributed by atoms with Gasteiger partial charge in [0, 0.05) is 6.42 Å². The maximum atomic E-state index is 11.2. The van der Waals surface area contributed by atoms with E-state index in [-0.39, 0.29) is 5.91 Å². The van der Waals surface area contributed by atoms with Crippen molar-refractivity contribution in [2.24, 2.45) is 11.5 Å². The molecule has 1 amide bonds. The van der Waals surface area contributed by atoms with Crippen LogP contribution in [0.15, 0.2) is 0 Å². The lowest BCUT2D eigenvalue weighted by molar-refractivity contribution is -0.141. The van der Waals surface area contributed by atoms with Crippen LogP contribution in [0.2, 0.25) is 0 Å². The molecule has 0 bridgehead atoms. The second kappa shape index (κ2) is 17.2. The van der Waals surface area contributed by atoms with Gasteiger partial charge in [-0.1, -0.05) is 39.0 Å². The maximum Gasteiger partial charge on any atom is 0.325 e. The zero-order valence-electron chi connectivity index (χ0n) is 15.5. The molecule has 0 fully saturated rings. The van der Waals surface area contributed by atoms with Gasteiger partial charge in [0.1, 0.15) is 12.1 Å². The molecule has 0 aromatic heterocycles. The first-order valence-corrected chi connectivity index (χ1v) is 8.96. The molecule has 0 aromatic carbocycles. The number of rotatable bonds is 13. The van der Waals surface area contributed by atoms with E-state index in [1.807, 2.05) is 0 Å². The molecule has 0 rings (SSSR count). The first-order valence-electron chi connectivity index (χ1n) is 8.96. The van der Waals surface area contributed by atoms with E-state index in [2.05, 4.69) is 12.2 Å². The molecule has 0 aliphatic carbocycles. The van der Waals surface area contributed by atoms with Crippen LogP contribution < -0.4 is 16.8 Å². The molecule has 0 aromatic rings. The normalized spacial score (nSPS) is 12.5. The first kappa shape index (κ1) is 25.6. The molecule has 1 unspecified atom stereocenters. The van der Waals surface area contributed by atoms with Gasteiger partial charge in [0.25, 0.3) is 0 Å². The summed E-state index contributed by atoms with van der Waals surface area (Å²) < 4.78 is 0. The van der Waals surface area contributed by atoms with Crippen LogP contribution in [0.4, 0.5) is 0 Å². The van der Waals surface area contributed by atoms with Crippen LogP contribution in [-0.2, 0) is 14.4 Å². The summed E-state index contributed by atoms with van der Waals surface area (Å²) in [5.41, 5.74) is 10.4. The summed E-state index contributed by atoms with van der Waals surface area (Å²) in [6.07, 6.45) is 8.02. The number of nitrogens with one attached hydrogen (secondary N) is 1. The number of unbranched alkanes of at least 4 members (excludes halogenated alkanes) is 5. The van der Waals surface area contributed by atoms with Gasteiger partial charge in [-0.3, -0.25) is 14.4 Å². The minimum Gasteiger partial charge on any atom is -0.480 e. The summed E-state index contributed by atoms with van der Waals surface area (Å²) in [6, 6.07) is -1.50. The Kier molecular flexibility index (Phi) is 17.6. The number of aliphatic carboxylic acids is 2. The highest BCUT2D eigenvalue weighted by Crippen LogP contribution is 2.04.